The van der Waals surface area contributed by atoms with Crippen LogP contribution < -0.4 is 0 Å². The summed E-state index contributed by atoms with van der Waals surface area (Å²) in [5.41, 5.74) is 5.97. The fourth-order valence-corrected chi connectivity index (χ4v) is 4.85. The van der Waals surface area contributed by atoms with Crippen molar-refractivity contribution in [3.05, 3.63) is 66.4 Å². The Bertz CT molecular complexity index is 1010. The van der Waals surface area contributed by atoms with Gasteiger partial charge in [0.25, 0.3) is 0 Å². The molecule has 2 aromatic carbocycles. The standard InChI is InChI=1S/C27H32N2O3/c1-2-24-26(22-9-5-3-6-10-22)27(23-11-7-4-8-12-23)28-29(24)17-20-13-15-21(16-14-20)18-32-19-25(30)31/h3-12,20-21H,2,13-19H2,1H3,(H,30,31)/t20-,21+. The number of nitrogens with zero attached hydrogens (tertiary/aromatic N) is 2. The normalized spacial score (nSPS) is 18.5. The van der Waals surface area contributed by atoms with Gasteiger partial charge < -0.3 is 9.84 Å². The maximum absolute atomic E-state index is 10.7. The highest BCUT2D eigenvalue weighted by Gasteiger charge is 2.25. The first-order valence-corrected chi connectivity index (χ1v) is 11.7. The number of rotatable bonds is 9. The summed E-state index contributed by atoms with van der Waals surface area (Å²) in [6.07, 6.45) is 5.37. The molecule has 0 aliphatic heterocycles. The Morgan fingerprint density at radius 3 is 2.16 bits per heavy atom. The lowest BCUT2D eigenvalue weighted by molar-refractivity contribution is -0.142. The van der Waals surface area contributed by atoms with E-state index in [0.717, 1.165) is 49.9 Å². The number of aliphatic carboxylic acids is 1. The smallest absolute Gasteiger partial charge is 0.329 e. The van der Waals surface area contributed by atoms with Gasteiger partial charge in [-0.25, -0.2) is 4.79 Å². The van der Waals surface area contributed by atoms with E-state index >= 15 is 0 Å². The van der Waals surface area contributed by atoms with Crippen molar-refractivity contribution in [3.8, 4) is 22.4 Å². The number of carboxylic acid groups (broad SMARTS) is 1. The van der Waals surface area contributed by atoms with Crippen LogP contribution in [0.5, 0.6) is 0 Å². The van der Waals surface area contributed by atoms with E-state index < -0.39 is 5.97 Å². The van der Waals surface area contributed by atoms with E-state index in [0.29, 0.717) is 18.4 Å². The van der Waals surface area contributed by atoms with Crippen LogP contribution in [0.2, 0.25) is 0 Å². The van der Waals surface area contributed by atoms with Gasteiger partial charge in [0.2, 0.25) is 0 Å². The first-order valence-electron chi connectivity index (χ1n) is 11.7. The number of carboxylic acids is 1. The molecule has 32 heavy (non-hydrogen) atoms. The van der Waals surface area contributed by atoms with E-state index in [9.17, 15) is 4.79 Å². The number of benzene rings is 2. The van der Waals surface area contributed by atoms with Gasteiger partial charge in [0.05, 0.1) is 6.61 Å². The SMILES string of the molecule is CCc1c(-c2ccccc2)c(-c2ccccc2)nn1C[C@H]1CC[C@@H](COCC(=O)O)CC1. The molecule has 0 saturated heterocycles. The minimum atomic E-state index is -0.895. The van der Waals surface area contributed by atoms with Crippen LogP contribution in [-0.4, -0.2) is 34.1 Å². The first-order chi connectivity index (χ1) is 15.7. The third-order valence-electron chi connectivity index (χ3n) is 6.48. The summed E-state index contributed by atoms with van der Waals surface area (Å²) in [5.74, 6) is 0.157. The lowest BCUT2D eigenvalue weighted by atomic mass is 9.82. The number of ether oxygens (including phenoxy) is 1. The average Bonchev–Trinajstić information content (AvgIpc) is 3.19. The topological polar surface area (TPSA) is 64.4 Å². The molecule has 1 saturated carbocycles. The van der Waals surface area contributed by atoms with Crippen molar-refractivity contribution in [2.45, 2.75) is 45.6 Å². The van der Waals surface area contributed by atoms with Crippen LogP contribution in [0, 0.1) is 11.8 Å². The molecule has 0 bridgehead atoms. The first kappa shape index (κ1) is 22.3. The van der Waals surface area contributed by atoms with E-state index in [1.807, 2.05) is 6.07 Å². The Balaban J connectivity index is 1.54. The monoisotopic (exact) mass is 432 g/mol. The van der Waals surface area contributed by atoms with Gasteiger partial charge in [-0.1, -0.05) is 67.6 Å². The summed E-state index contributed by atoms with van der Waals surface area (Å²) in [5, 5.41) is 13.9. The molecule has 1 aromatic heterocycles. The maximum Gasteiger partial charge on any atom is 0.329 e. The molecule has 1 aliphatic carbocycles. The molecular formula is C27H32N2O3. The zero-order chi connectivity index (χ0) is 22.3. The summed E-state index contributed by atoms with van der Waals surface area (Å²) >= 11 is 0. The van der Waals surface area contributed by atoms with Crippen LogP contribution >= 0.6 is 0 Å². The van der Waals surface area contributed by atoms with E-state index in [-0.39, 0.29) is 6.61 Å². The number of hydrogen-bond acceptors (Lipinski definition) is 3. The molecule has 0 amide bonds. The molecule has 1 aliphatic rings. The van der Waals surface area contributed by atoms with Gasteiger partial charge >= 0.3 is 5.97 Å². The van der Waals surface area contributed by atoms with Crippen LogP contribution in [-0.2, 0) is 22.5 Å². The second-order valence-electron chi connectivity index (χ2n) is 8.73. The molecule has 1 N–H and O–H groups in total. The fraction of sp³-hybridized carbons (Fsp3) is 0.407. The van der Waals surface area contributed by atoms with Gasteiger partial charge in [-0.3, -0.25) is 4.68 Å². The van der Waals surface area contributed by atoms with E-state index in [1.54, 1.807) is 0 Å². The van der Waals surface area contributed by atoms with Gasteiger partial charge in [-0.05, 0) is 49.5 Å². The quantitative estimate of drug-likeness (QED) is 0.472. The van der Waals surface area contributed by atoms with Gasteiger partial charge in [-0.15, -0.1) is 0 Å². The Hall–Kier alpha value is -2.92. The molecule has 0 spiro atoms. The van der Waals surface area contributed by atoms with Crippen LogP contribution in [0.15, 0.2) is 60.7 Å². The van der Waals surface area contributed by atoms with Crippen LogP contribution in [0.3, 0.4) is 0 Å². The average molecular weight is 433 g/mol. The number of carbonyl (C=O) groups is 1. The highest BCUT2D eigenvalue weighted by Crippen LogP contribution is 2.36. The predicted octanol–water partition coefficient (Wildman–Crippen LogP) is 5.69. The van der Waals surface area contributed by atoms with Crippen LogP contribution in [0.1, 0.15) is 38.3 Å². The predicted molar refractivity (Wildman–Crippen MR) is 126 cm³/mol. The van der Waals surface area contributed by atoms with Crippen LogP contribution in [0.4, 0.5) is 0 Å². The van der Waals surface area contributed by atoms with Gasteiger partial charge in [0, 0.05) is 23.4 Å². The maximum atomic E-state index is 10.7. The zero-order valence-corrected chi connectivity index (χ0v) is 18.7. The van der Waals surface area contributed by atoms with Crippen molar-refractivity contribution < 1.29 is 14.6 Å². The van der Waals surface area contributed by atoms with Crippen molar-refractivity contribution in [1.29, 1.82) is 0 Å². The Labute approximate surface area is 190 Å². The van der Waals surface area contributed by atoms with Crippen molar-refractivity contribution in [2.75, 3.05) is 13.2 Å². The second-order valence-corrected chi connectivity index (χ2v) is 8.73. The Kier molecular flexibility index (Phi) is 7.38. The molecule has 4 rings (SSSR count). The highest BCUT2D eigenvalue weighted by atomic mass is 16.5. The molecule has 168 valence electrons. The van der Waals surface area contributed by atoms with Gasteiger partial charge in [0.1, 0.15) is 12.3 Å². The lowest BCUT2D eigenvalue weighted by Gasteiger charge is -2.28. The summed E-state index contributed by atoms with van der Waals surface area (Å²) in [7, 11) is 0. The Morgan fingerprint density at radius 1 is 0.969 bits per heavy atom. The van der Waals surface area contributed by atoms with E-state index in [1.165, 1.54) is 16.8 Å². The molecule has 0 atom stereocenters. The lowest BCUT2D eigenvalue weighted by Crippen LogP contribution is -2.23. The summed E-state index contributed by atoms with van der Waals surface area (Å²) < 4.78 is 7.57. The zero-order valence-electron chi connectivity index (χ0n) is 18.7. The minimum absolute atomic E-state index is 0.197. The van der Waals surface area contributed by atoms with Crippen molar-refractivity contribution >= 4 is 5.97 Å². The minimum Gasteiger partial charge on any atom is -0.480 e. The Morgan fingerprint density at radius 2 is 1.56 bits per heavy atom. The molecule has 1 fully saturated rings. The van der Waals surface area contributed by atoms with Gasteiger partial charge in [-0.2, -0.15) is 5.10 Å². The molecule has 5 nitrogen and oxygen atoms in total. The van der Waals surface area contributed by atoms with E-state index in [4.69, 9.17) is 14.9 Å². The molecule has 1 heterocycles. The van der Waals surface area contributed by atoms with Crippen LogP contribution in [0.25, 0.3) is 22.4 Å². The summed E-state index contributed by atoms with van der Waals surface area (Å²) in [6.45, 7) is 3.50. The van der Waals surface area contributed by atoms with Gasteiger partial charge in [0.15, 0.2) is 0 Å². The highest BCUT2D eigenvalue weighted by molar-refractivity contribution is 5.82. The number of aromatic nitrogens is 2. The number of hydrogen-bond donors (Lipinski definition) is 1. The van der Waals surface area contributed by atoms with Crippen molar-refractivity contribution in [3.63, 3.8) is 0 Å². The molecule has 0 radical (unpaired) electrons. The summed E-state index contributed by atoms with van der Waals surface area (Å²) in [4.78, 5) is 10.7. The third-order valence-corrected chi connectivity index (χ3v) is 6.48. The van der Waals surface area contributed by atoms with Crippen molar-refractivity contribution in [1.82, 2.24) is 9.78 Å². The van der Waals surface area contributed by atoms with Crippen molar-refractivity contribution in [2.24, 2.45) is 11.8 Å². The molecule has 5 heteroatoms. The largest absolute Gasteiger partial charge is 0.480 e. The fourth-order valence-electron chi connectivity index (χ4n) is 4.85. The second kappa shape index (κ2) is 10.6. The molecule has 3 aromatic rings. The molecular weight excluding hydrogens is 400 g/mol. The summed E-state index contributed by atoms with van der Waals surface area (Å²) in [6, 6.07) is 21.1. The molecule has 0 unspecified atom stereocenters. The third kappa shape index (κ3) is 5.28. The van der Waals surface area contributed by atoms with E-state index in [2.05, 4.69) is 66.2 Å².